The van der Waals surface area contributed by atoms with Crippen molar-refractivity contribution >= 4 is 23.0 Å². The van der Waals surface area contributed by atoms with Crippen molar-refractivity contribution in [1.82, 2.24) is 24.5 Å². The lowest BCUT2D eigenvalue weighted by atomic mass is 9.82. The van der Waals surface area contributed by atoms with Gasteiger partial charge in [0, 0.05) is 31.0 Å². The molecule has 0 amide bonds. The van der Waals surface area contributed by atoms with Gasteiger partial charge in [-0.15, -0.1) is 4.72 Å². The lowest BCUT2D eigenvalue weighted by molar-refractivity contribution is -0.137. The average Bonchev–Trinajstić information content (AvgIpc) is 3.10. The molecule has 1 aromatic carbocycles. The fraction of sp³-hybridized carbons (Fsp3) is 0.381. The second-order valence-corrected chi connectivity index (χ2v) is 10.9. The van der Waals surface area contributed by atoms with Crippen LogP contribution in [0.2, 0.25) is 5.02 Å². The normalized spacial score (nSPS) is 15.3. The van der Waals surface area contributed by atoms with E-state index in [1.165, 1.54) is 29.3 Å². The van der Waals surface area contributed by atoms with Crippen molar-refractivity contribution in [3.8, 4) is 0 Å². The quantitative estimate of drug-likeness (QED) is 0.394. The molecule has 178 valence electrons. The van der Waals surface area contributed by atoms with Crippen LogP contribution in [-0.2, 0) is 36.5 Å². The van der Waals surface area contributed by atoms with E-state index < -0.39 is 39.2 Å². The molecule has 2 aromatic heterocycles. The molecule has 1 unspecified atom stereocenters. The number of nitrogens with zero attached hydrogens (tertiary/aromatic N) is 4. The van der Waals surface area contributed by atoms with Gasteiger partial charge in [0.2, 0.25) is 0 Å². The van der Waals surface area contributed by atoms with Gasteiger partial charge in [-0.05, 0) is 56.7 Å². The monoisotopic (exact) mass is 503 g/mol. The summed E-state index contributed by atoms with van der Waals surface area (Å²) in [6.07, 6.45) is -2.33. The number of pyridine rings is 1. The third kappa shape index (κ3) is 5.65. The summed E-state index contributed by atoms with van der Waals surface area (Å²) in [7, 11) is 1.61. The maximum absolute atomic E-state index is 14.5. The van der Waals surface area contributed by atoms with E-state index in [0.29, 0.717) is 16.9 Å². The number of halogens is 5. The maximum Gasteiger partial charge on any atom is 0.416 e. The Bertz CT molecular complexity index is 1120. The second kappa shape index (κ2) is 9.21. The summed E-state index contributed by atoms with van der Waals surface area (Å²) in [4.78, 5) is 8.48. The van der Waals surface area contributed by atoms with Gasteiger partial charge in [0.1, 0.15) is 28.3 Å². The third-order valence-corrected chi connectivity index (χ3v) is 6.80. The number of rotatable bonds is 6. The maximum atomic E-state index is 14.5. The minimum absolute atomic E-state index is 0.120. The van der Waals surface area contributed by atoms with Crippen LogP contribution in [0.3, 0.4) is 0 Å². The highest BCUT2D eigenvalue weighted by Gasteiger charge is 2.46. The predicted molar refractivity (Wildman–Crippen MR) is 117 cm³/mol. The van der Waals surface area contributed by atoms with Crippen molar-refractivity contribution in [2.75, 3.05) is 0 Å². The molecular weight excluding hydrogens is 482 g/mol. The molecule has 12 heteroatoms. The van der Waals surface area contributed by atoms with E-state index in [-0.39, 0.29) is 17.7 Å². The first-order chi connectivity index (χ1) is 15.2. The Balaban J connectivity index is 2.34. The van der Waals surface area contributed by atoms with Gasteiger partial charge >= 0.3 is 6.18 Å². The van der Waals surface area contributed by atoms with Crippen LogP contribution >= 0.6 is 11.6 Å². The lowest BCUT2D eigenvalue weighted by Crippen LogP contribution is -2.54. The van der Waals surface area contributed by atoms with Crippen molar-refractivity contribution in [1.29, 1.82) is 0 Å². The van der Waals surface area contributed by atoms with E-state index in [2.05, 4.69) is 19.8 Å². The number of nitrogens with one attached hydrogen (secondary N) is 1. The first kappa shape index (κ1) is 25.4. The minimum Gasteiger partial charge on any atom is -0.598 e. The van der Waals surface area contributed by atoms with Crippen molar-refractivity contribution in [3.63, 3.8) is 0 Å². The summed E-state index contributed by atoms with van der Waals surface area (Å²) < 4.78 is 72.1. The van der Waals surface area contributed by atoms with E-state index in [9.17, 15) is 22.1 Å². The van der Waals surface area contributed by atoms with Gasteiger partial charge in [0.25, 0.3) is 0 Å². The molecule has 0 aliphatic heterocycles. The highest BCUT2D eigenvalue weighted by atomic mass is 35.5. The topological polar surface area (TPSA) is 78.7 Å². The van der Waals surface area contributed by atoms with Crippen molar-refractivity contribution in [3.05, 3.63) is 76.3 Å². The predicted octanol–water partition coefficient (Wildman–Crippen LogP) is 4.56. The number of benzene rings is 1. The molecule has 0 fully saturated rings. The van der Waals surface area contributed by atoms with Crippen LogP contribution in [0.4, 0.5) is 17.6 Å². The minimum atomic E-state index is -4.80. The number of hydrogen-bond acceptors (Lipinski definition) is 5. The highest BCUT2D eigenvalue weighted by molar-refractivity contribution is 7.90. The molecule has 1 N–H and O–H groups in total. The summed E-state index contributed by atoms with van der Waals surface area (Å²) >= 11 is 4.19. The second-order valence-electron chi connectivity index (χ2n) is 8.45. The number of alkyl halides is 3. The highest BCUT2D eigenvalue weighted by Crippen LogP contribution is 2.38. The molecule has 0 radical (unpaired) electrons. The number of hydrogen-bond donors (Lipinski definition) is 1. The first-order valence-electron chi connectivity index (χ1n) is 9.75. The van der Waals surface area contributed by atoms with Crippen LogP contribution in [0.25, 0.3) is 0 Å². The van der Waals surface area contributed by atoms with Gasteiger partial charge < -0.3 is 4.55 Å². The average molecular weight is 504 g/mol. The van der Waals surface area contributed by atoms with Crippen LogP contribution < -0.4 is 4.72 Å². The van der Waals surface area contributed by atoms with Crippen molar-refractivity contribution < 1.29 is 22.1 Å². The summed E-state index contributed by atoms with van der Waals surface area (Å²) in [5.74, 6) is -0.748. The molecule has 2 heterocycles. The molecule has 0 aliphatic carbocycles. The van der Waals surface area contributed by atoms with Crippen LogP contribution in [0.5, 0.6) is 0 Å². The molecule has 0 saturated heterocycles. The first-order valence-corrected chi connectivity index (χ1v) is 11.3. The van der Waals surface area contributed by atoms with Gasteiger partial charge in [0.15, 0.2) is 0 Å². The zero-order chi connectivity index (χ0) is 24.6. The number of aromatic nitrogens is 4. The Kier molecular flexibility index (Phi) is 7.09. The Hall–Kier alpha value is -2.21. The van der Waals surface area contributed by atoms with E-state index in [4.69, 9.17) is 11.6 Å². The van der Waals surface area contributed by atoms with E-state index >= 15 is 0 Å². The fourth-order valence-corrected chi connectivity index (χ4v) is 4.17. The Morgan fingerprint density at radius 1 is 1.09 bits per heavy atom. The van der Waals surface area contributed by atoms with E-state index in [1.807, 2.05) is 0 Å². The molecule has 3 rings (SSSR count). The third-order valence-electron chi connectivity index (χ3n) is 4.93. The lowest BCUT2D eigenvalue weighted by Gasteiger charge is -2.37. The van der Waals surface area contributed by atoms with Crippen LogP contribution in [0, 0.1) is 5.82 Å². The van der Waals surface area contributed by atoms with Crippen molar-refractivity contribution in [2.24, 2.45) is 7.05 Å². The SMILES string of the molecule is Cn1ncnc1CC(N[S@+]([O-])C(C)(C)C)(c1cc(F)cc(C(F)(F)F)c1)c1ccc(Cl)cn1. The van der Waals surface area contributed by atoms with Crippen LogP contribution in [-0.4, -0.2) is 29.0 Å². The van der Waals surface area contributed by atoms with Crippen molar-refractivity contribution in [2.45, 2.75) is 43.7 Å². The molecule has 0 bridgehead atoms. The summed E-state index contributed by atoms with van der Waals surface area (Å²) in [5, 5.41) is 4.30. The number of aryl methyl sites for hydroxylation is 1. The smallest absolute Gasteiger partial charge is 0.416 e. The van der Waals surface area contributed by atoms with Gasteiger partial charge in [-0.25, -0.2) is 9.37 Å². The molecular formula is C21H22ClF4N5OS. The zero-order valence-corrected chi connectivity index (χ0v) is 19.8. The molecule has 0 spiro atoms. The van der Waals surface area contributed by atoms with Crippen LogP contribution in [0.1, 0.15) is 43.4 Å². The molecule has 33 heavy (non-hydrogen) atoms. The summed E-state index contributed by atoms with van der Waals surface area (Å²) in [6.45, 7) is 5.10. The Morgan fingerprint density at radius 2 is 1.76 bits per heavy atom. The molecule has 2 atom stereocenters. The summed E-state index contributed by atoms with van der Waals surface area (Å²) in [6, 6.07) is 5.19. The zero-order valence-electron chi connectivity index (χ0n) is 18.2. The van der Waals surface area contributed by atoms with Gasteiger partial charge in [-0.1, -0.05) is 11.6 Å². The van der Waals surface area contributed by atoms with Gasteiger partial charge in [0.05, 0.1) is 16.3 Å². The molecule has 0 aliphatic rings. The van der Waals surface area contributed by atoms with E-state index in [0.717, 1.165) is 12.1 Å². The standard InChI is InChI=1S/C21H22ClF4N5OS/c1-19(2,3)33(32)30-20(10-18-28-12-29-31(18)4,17-6-5-15(22)11-27-17)13-7-14(21(24,25)26)9-16(23)8-13/h5-9,11-12,30H,10H2,1-4H3/t20?,33-/m1/s1. The molecule has 0 saturated carbocycles. The molecule has 3 aromatic rings. The largest absolute Gasteiger partial charge is 0.598 e. The van der Waals surface area contributed by atoms with E-state index in [1.54, 1.807) is 27.8 Å². The van der Waals surface area contributed by atoms with Gasteiger partial charge in [-0.3, -0.25) is 9.67 Å². The Morgan fingerprint density at radius 3 is 2.27 bits per heavy atom. The fourth-order valence-electron chi connectivity index (χ4n) is 3.14. The summed E-state index contributed by atoms with van der Waals surface area (Å²) in [5.41, 5.74) is -2.78. The van der Waals surface area contributed by atoms with Gasteiger partial charge in [-0.2, -0.15) is 18.3 Å². The molecule has 6 nitrogen and oxygen atoms in total. The van der Waals surface area contributed by atoms with Crippen LogP contribution in [0.15, 0.2) is 42.9 Å². The Labute approximate surface area is 196 Å².